The number of aliphatic hydroxyl groups excluding tert-OH is 2. The van der Waals surface area contributed by atoms with Crippen LogP contribution in [0.1, 0.15) is 6.42 Å². The van der Waals surface area contributed by atoms with Gasteiger partial charge in [0, 0.05) is 6.61 Å². The van der Waals surface area contributed by atoms with E-state index in [0.29, 0.717) is 13.0 Å². The molecule has 0 aliphatic carbocycles. The second-order valence-electron chi connectivity index (χ2n) is 1.95. The maximum atomic E-state index is 8.90. The molecule has 0 bridgehead atoms. The van der Waals surface area contributed by atoms with Crippen LogP contribution in [0.5, 0.6) is 0 Å². The van der Waals surface area contributed by atoms with E-state index in [2.05, 4.69) is 0 Å². The molecule has 3 nitrogen and oxygen atoms in total. The second-order valence-corrected chi connectivity index (χ2v) is 1.95. The largest absolute Gasteiger partial charge is 0.394 e. The van der Waals surface area contributed by atoms with Crippen LogP contribution in [0, 0.1) is 0 Å². The molecular weight excluding hydrogens is 108 g/mol. The fourth-order valence-corrected chi connectivity index (χ4v) is 0.812. The van der Waals surface area contributed by atoms with Crippen molar-refractivity contribution >= 4 is 0 Å². The fraction of sp³-hybridized carbons (Fsp3) is 1.00. The molecule has 0 saturated carbocycles. The number of hydrogen-bond donors (Lipinski definition) is 2. The van der Waals surface area contributed by atoms with E-state index in [4.69, 9.17) is 14.9 Å². The Morgan fingerprint density at radius 1 is 1.62 bits per heavy atom. The number of aliphatic hydroxyl groups is 2. The lowest BCUT2D eigenvalue weighted by Gasteiger charge is -2.07. The van der Waals surface area contributed by atoms with Crippen LogP contribution < -0.4 is 0 Å². The van der Waals surface area contributed by atoms with Crippen molar-refractivity contribution in [3.63, 3.8) is 0 Å². The highest BCUT2D eigenvalue weighted by Crippen LogP contribution is 2.11. The Balaban J connectivity index is 2.30. The molecular formula is C5H10O3. The highest BCUT2D eigenvalue weighted by Gasteiger charge is 2.24. The second kappa shape index (κ2) is 2.44. The summed E-state index contributed by atoms with van der Waals surface area (Å²) in [5, 5.41) is 17.4. The zero-order valence-corrected chi connectivity index (χ0v) is 4.58. The van der Waals surface area contributed by atoms with E-state index in [1.165, 1.54) is 0 Å². The van der Waals surface area contributed by atoms with Gasteiger partial charge in [-0.15, -0.1) is 0 Å². The molecule has 0 amide bonds. The van der Waals surface area contributed by atoms with E-state index >= 15 is 0 Å². The first-order chi connectivity index (χ1) is 3.84. The Hall–Kier alpha value is -0.120. The first-order valence-electron chi connectivity index (χ1n) is 2.75. The Morgan fingerprint density at radius 3 is 2.62 bits per heavy atom. The average Bonchev–Trinajstić information content (AvgIpc) is 2.14. The normalized spacial score (nSPS) is 38.2. The van der Waals surface area contributed by atoms with Crippen LogP contribution in [-0.4, -0.2) is 35.6 Å². The SMILES string of the molecule is OC[C@H]1OCC[C@H]1O. The quantitative estimate of drug-likeness (QED) is 0.470. The van der Waals surface area contributed by atoms with Crippen molar-refractivity contribution in [3.05, 3.63) is 0 Å². The van der Waals surface area contributed by atoms with Crippen LogP contribution in [0.25, 0.3) is 0 Å². The predicted molar refractivity (Wildman–Crippen MR) is 27.4 cm³/mol. The van der Waals surface area contributed by atoms with Crippen molar-refractivity contribution in [1.82, 2.24) is 0 Å². The first-order valence-corrected chi connectivity index (χ1v) is 2.75. The van der Waals surface area contributed by atoms with Gasteiger partial charge in [-0.2, -0.15) is 0 Å². The van der Waals surface area contributed by atoms with Gasteiger partial charge in [0.15, 0.2) is 0 Å². The van der Waals surface area contributed by atoms with Gasteiger partial charge in [0.2, 0.25) is 0 Å². The maximum Gasteiger partial charge on any atom is 0.106 e. The van der Waals surface area contributed by atoms with Crippen LogP contribution in [-0.2, 0) is 4.74 Å². The third-order valence-corrected chi connectivity index (χ3v) is 1.35. The summed E-state index contributed by atoms with van der Waals surface area (Å²) in [6, 6.07) is 0. The summed E-state index contributed by atoms with van der Waals surface area (Å²) in [4.78, 5) is 0. The highest BCUT2D eigenvalue weighted by atomic mass is 16.5. The van der Waals surface area contributed by atoms with E-state index in [0.717, 1.165) is 0 Å². The summed E-state index contributed by atoms with van der Waals surface area (Å²) in [6.45, 7) is 0.508. The number of hydrogen-bond acceptors (Lipinski definition) is 3. The lowest BCUT2D eigenvalue weighted by atomic mass is 10.2. The van der Waals surface area contributed by atoms with E-state index in [1.54, 1.807) is 0 Å². The third-order valence-electron chi connectivity index (χ3n) is 1.35. The minimum Gasteiger partial charge on any atom is -0.394 e. The van der Waals surface area contributed by atoms with Crippen molar-refractivity contribution in [2.24, 2.45) is 0 Å². The summed E-state index contributed by atoms with van der Waals surface area (Å²) in [5.74, 6) is 0. The molecule has 2 atom stereocenters. The Kier molecular flexibility index (Phi) is 1.83. The summed E-state index contributed by atoms with van der Waals surface area (Å²) in [5.41, 5.74) is 0. The molecule has 0 aromatic rings. The van der Waals surface area contributed by atoms with E-state index < -0.39 is 6.10 Å². The van der Waals surface area contributed by atoms with Gasteiger partial charge in [-0.1, -0.05) is 0 Å². The minimum atomic E-state index is -0.444. The van der Waals surface area contributed by atoms with Gasteiger partial charge in [0.1, 0.15) is 6.10 Å². The molecule has 0 aromatic heterocycles. The Labute approximate surface area is 47.9 Å². The van der Waals surface area contributed by atoms with Crippen LogP contribution in [0.3, 0.4) is 0 Å². The third kappa shape index (κ3) is 0.992. The molecule has 1 heterocycles. The van der Waals surface area contributed by atoms with Gasteiger partial charge in [0.25, 0.3) is 0 Å². The molecule has 48 valence electrons. The molecule has 0 aromatic carbocycles. The van der Waals surface area contributed by atoms with E-state index in [9.17, 15) is 0 Å². The molecule has 0 unspecified atom stereocenters. The minimum absolute atomic E-state index is 0.0683. The molecule has 1 aliphatic heterocycles. The fourth-order valence-electron chi connectivity index (χ4n) is 0.812. The van der Waals surface area contributed by atoms with E-state index in [-0.39, 0.29) is 12.7 Å². The molecule has 1 aliphatic rings. The lowest BCUT2D eigenvalue weighted by Crippen LogP contribution is -2.24. The zero-order chi connectivity index (χ0) is 5.98. The average molecular weight is 118 g/mol. The number of ether oxygens (including phenoxy) is 1. The van der Waals surface area contributed by atoms with Gasteiger partial charge < -0.3 is 14.9 Å². The van der Waals surface area contributed by atoms with Crippen molar-refractivity contribution in [1.29, 1.82) is 0 Å². The highest BCUT2D eigenvalue weighted by molar-refractivity contribution is 4.73. The molecule has 2 N–H and O–H groups in total. The molecule has 1 rings (SSSR count). The van der Waals surface area contributed by atoms with Crippen LogP contribution in [0.4, 0.5) is 0 Å². The summed E-state index contributed by atoms with van der Waals surface area (Å²) in [7, 11) is 0. The molecule has 1 saturated heterocycles. The number of rotatable bonds is 1. The molecule has 1 fully saturated rings. The van der Waals surface area contributed by atoms with E-state index in [1.807, 2.05) is 0 Å². The van der Waals surface area contributed by atoms with Crippen molar-refractivity contribution in [2.75, 3.05) is 13.2 Å². The predicted octanol–water partition coefficient (Wildman–Crippen LogP) is -0.872. The van der Waals surface area contributed by atoms with Crippen molar-refractivity contribution in [2.45, 2.75) is 18.6 Å². The van der Waals surface area contributed by atoms with Crippen molar-refractivity contribution in [3.8, 4) is 0 Å². The zero-order valence-electron chi connectivity index (χ0n) is 4.58. The Morgan fingerprint density at radius 2 is 2.38 bits per heavy atom. The van der Waals surface area contributed by atoms with Gasteiger partial charge in [-0.25, -0.2) is 0 Å². The summed E-state index contributed by atoms with van der Waals surface area (Å²) in [6.07, 6.45) is -0.111. The van der Waals surface area contributed by atoms with Crippen LogP contribution in [0.15, 0.2) is 0 Å². The Bertz CT molecular complexity index is 74.1. The van der Waals surface area contributed by atoms with Crippen molar-refractivity contribution < 1.29 is 14.9 Å². The smallest absolute Gasteiger partial charge is 0.106 e. The van der Waals surface area contributed by atoms with Crippen LogP contribution >= 0.6 is 0 Å². The maximum absolute atomic E-state index is 8.90. The van der Waals surface area contributed by atoms with Gasteiger partial charge in [0.05, 0.1) is 12.7 Å². The summed E-state index contributed by atoms with van der Waals surface area (Å²) < 4.78 is 4.91. The van der Waals surface area contributed by atoms with Gasteiger partial charge in [-0.05, 0) is 6.42 Å². The lowest BCUT2D eigenvalue weighted by molar-refractivity contribution is 0.00406. The summed E-state index contributed by atoms with van der Waals surface area (Å²) >= 11 is 0. The van der Waals surface area contributed by atoms with Gasteiger partial charge >= 0.3 is 0 Å². The topological polar surface area (TPSA) is 49.7 Å². The molecule has 8 heavy (non-hydrogen) atoms. The molecule has 3 heteroatoms. The van der Waals surface area contributed by atoms with Crippen LogP contribution in [0.2, 0.25) is 0 Å². The van der Waals surface area contributed by atoms with Gasteiger partial charge in [-0.3, -0.25) is 0 Å². The monoisotopic (exact) mass is 118 g/mol. The standard InChI is InChI=1S/C5H10O3/c6-3-5-4(7)1-2-8-5/h4-7H,1-3H2/t4-,5-/m1/s1. The first kappa shape index (κ1) is 6.01. The molecule has 0 radical (unpaired) electrons. The molecule has 0 spiro atoms.